The summed E-state index contributed by atoms with van der Waals surface area (Å²) < 4.78 is 0. The van der Waals surface area contributed by atoms with E-state index in [0.717, 1.165) is 38.3 Å². The van der Waals surface area contributed by atoms with Crippen LogP contribution < -0.4 is 5.32 Å². The number of amides is 1. The molecule has 1 aliphatic heterocycles. The number of hydrogen-bond donors (Lipinski definition) is 1. The van der Waals surface area contributed by atoms with Crippen molar-refractivity contribution in [3.63, 3.8) is 0 Å². The van der Waals surface area contributed by atoms with Crippen LogP contribution in [0.25, 0.3) is 0 Å². The van der Waals surface area contributed by atoms with Gasteiger partial charge in [-0.1, -0.05) is 42.0 Å². The SMILES string of the molecule is Cc1ccc(C(=O)NCCN2CCN(C3CCc4ccccc43)CC2)cc1. The molecule has 2 aliphatic rings. The standard InChI is InChI=1S/C23H29N3O/c1-18-6-8-20(9-7-18)23(27)24-12-13-25-14-16-26(17-15-25)22-11-10-19-4-2-3-5-21(19)22/h2-9,22H,10-17H2,1H3,(H,24,27). The maximum Gasteiger partial charge on any atom is 0.251 e. The van der Waals surface area contributed by atoms with Gasteiger partial charge < -0.3 is 5.32 Å². The number of fused-ring (bicyclic) bond motifs is 1. The Labute approximate surface area is 162 Å². The van der Waals surface area contributed by atoms with Crippen LogP contribution in [0.1, 0.15) is 39.5 Å². The van der Waals surface area contributed by atoms with Crippen molar-refractivity contribution in [2.45, 2.75) is 25.8 Å². The lowest BCUT2D eigenvalue weighted by molar-refractivity contribution is 0.0889. The molecule has 0 bridgehead atoms. The van der Waals surface area contributed by atoms with Crippen LogP contribution in [0.5, 0.6) is 0 Å². The molecule has 1 fully saturated rings. The number of carbonyl (C=O) groups excluding carboxylic acids is 1. The van der Waals surface area contributed by atoms with Gasteiger partial charge in [-0.2, -0.15) is 0 Å². The summed E-state index contributed by atoms with van der Waals surface area (Å²) in [5.41, 5.74) is 4.99. The molecule has 142 valence electrons. The average molecular weight is 364 g/mol. The molecule has 1 N–H and O–H groups in total. The van der Waals surface area contributed by atoms with Crippen molar-refractivity contribution in [1.29, 1.82) is 0 Å². The Morgan fingerprint density at radius 3 is 2.56 bits per heavy atom. The Hall–Kier alpha value is -2.17. The molecule has 0 spiro atoms. The van der Waals surface area contributed by atoms with Crippen LogP contribution in [-0.2, 0) is 6.42 Å². The van der Waals surface area contributed by atoms with Gasteiger partial charge >= 0.3 is 0 Å². The lowest BCUT2D eigenvalue weighted by atomic mass is 10.1. The molecular formula is C23H29N3O. The first-order valence-electron chi connectivity index (χ1n) is 10.1. The summed E-state index contributed by atoms with van der Waals surface area (Å²) in [6, 6.07) is 17.3. The zero-order chi connectivity index (χ0) is 18.6. The number of hydrogen-bond acceptors (Lipinski definition) is 3. The smallest absolute Gasteiger partial charge is 0.251 e. The molecule has 2 aromatic carbocycles. The Morgan fingerprint density at radius 2 is 1.78 bits per heavy atom. The first kappa shape index (κ1) is 18.2. The lowest BCUT2D eigenvalue weighted by Crippen LogP contribution is -2.49. The number of benzene rings is 2. The van der Waals surface area contributed by atoms with Gasteiger partial charge in [0.2, 0.25) is 0 Å². The van der Waals surface area contributed by atoms with Crippen LogP contribution in [0, 0.1) is 6.92 Å². The predicted molar refractivity (Wildman–Crippen MR) is 109 cm³/mol. The van der Waals surface area contributed by atoms with E-state index in [0.29, 0.717) is 12.6 Å². The third-order valence-electron chi connectivity index (χ3n) is 5.98. The fourth-order valence-corrected chi connectivity index (χ4v) is 4.35. The second-order valence-electron chi connectivity index (χ2n) is 7.75. The first-order chi connectivity index (χ1) is 13.2. The van der Waals surface area contributed by atoms with E-state index >= 15 is 0 Å². The lowest BCUT2D eigenvalue weighted by Gasteiger charge is -2.38. The third kappa shape index (κ3) is 4.23. The van der Waals surface area contributed by atoms with E-state index in [2.05, 4.69) is 39.4 Å². The van der Waals surface area contributed by atoms with E-state index in [9.17, 15) is 4.79 Å². The zero-order valence-corrected chi connectivity index (χ0v) is 16.2. The van der Waals surface area contributed by atoms with E-state index in [1.807, 2.05) is 31.2 Å². The minimum Gasteiger partial charge on any atom is -0.351 e. The van der Waals surface area contributed by atoms with E-state index in [1.165, 1.54) is 29.5 Å². The number of nitrogens with zero attached hydrogens (tertiary/aromatic N) is 2. The topological polar surface area (TPSA) is 35.6 Å². The monoisotopic (exact) mass is 363 g/mol. The summed E-state index contributed by atoms with van der Waals surface area (Å²) in [7, 11) is 0. The fourth-order valence-electron chi connectivity index (χ4n) is 4.35. The van der Waals surface area contributed by atoms with Crippen molar-refractivity contribution in [2.75, 3.05) is 39.3 Å². The zero-order valence-electron chi connectivity index (χ0n) is 16.2. The summed E-state index contributed by atoms with van der Waals surface area (Å²) in [6.07, 6.45) is 2.47. The molecule has 4 heteroatoms. The molecule has 0 aromatic heterocycles. The summed E-state index contributed by atoms with van der Waals surface area (Å²) >= 11 is 0. The number of piperazine rings is 1. The number of rotatable bonds is 5. The molecule has 2 aromatic rings. The third-order valence-corrected chi connectivity index (χ3v) is 5.98. The minimum atomic E-state index is 0.0243. The summed E-state index contributed by atoms with van der Waals surface area (Å²) in [5, 5.41) is 3.05. The van der Waals surface area contributed by atoms with Gasteiger partial charge in [0.1, 0.15) is 0 Å². The number of carbonyl (C=O) groups is 1. The Kier molecular flexibility index (Phi) is 5.55. The second-order valence-corrected chi connectivity index (χ2v) is 7.75. The first-order valence-corrected chi connectivity index (χ1v) is 10.1. The molecule has 27 heavy (non-hydrogen) atoms. The van der Waals surface area contributed by atoms with Crippen LogP contribution >= 0.6 is 0 Å². The van der Waals surface area contributed by atoms with E-state index in [-0.39, 0.29) is 5.91 Å². The van der Waals surface area contributed by atoms with Crippen molar-refractivity contribution in [3.8, 4) is 0 Å². The molecular weight excluding hydrogens is 334 g/mol. The van der Waals surface area contributed by atoms with E-state index in [4.69, 9.17) is 0 Å². The summed E-state index contributed by atoms with van der Waals surface area (Å²) in [4.78, 5) is 17.3. The highest BCUT2D eigenvalue weighted by Gasteiger charge is 2.29. The molecule has 0 radical (unpaired) electrons. The molecule has 1 heterocycles. The van der Waals surface area contributed by atoms with Crippen LogP contribution in [0.2, 0.25) is 0 Å². The molecule has 1 amide bonds. The highest BCUT2D eigenvalue weighted by atomic mass is 16.1. The maximum absolute atomic E-state index is 12.2. The summed E-state index contributed by atoms with van der Waals surface area (Å²) in [6.45, 7) is 8.06. The van der Waals surface area contributed by atoms with Gasteiger partial charge in [-0.25, -0.2) is 0 Å². The second kappa shape index (κ2) is 8.24. The highest BCUT2D eigenvalue weighted by Crippen LogP contribution is 2.35. The Bertz CT molecular complexity index is 778. The van der Waals surface area contributed by atoms with Gasteiger partial charge in [0.15, 0.2) is 0 Å². The Balaban J connectivity index is 1.21. The van der Waals surface area contributed by atoms with Crippen LogP contribution in [0.4, 0.5) is 0 Å². The van der Waals surface area contributed by atoms with Gasteiger partial charge in [0.25, 0.3) is 5.91 Å². The van der Waals surface area contributed by atoms with Crippen molar-refractivity contribution >= 4 is 5.91 Å². The fraction of sp³-hybridized carbons (Fsp3) is 0.435. The largest absolute Gasteiger partial charge is 0.351 e. The molecule has 0 saturated carbocycles. The molecule has 1 atom stereocenters. The van der Waals surface area contributed by atoms with Crippen LogP contribution in [0.3, 0.4) is 0 Å². The minimum absolute atomic E-state index is 0.0243. The van der Waals surface area contributed by atoms with Gasteiger partial charge in [-0.05, 0) is 43.0 Å². The highest BCUT2D eigenvalue weighted by molar-refractivity contribution is 5.94. The van der Waals surface area contributed by atoms with Gasteiger partial charge in [0.05, 0.1) is 0 Å². The number of nitrogens with one attached hydrogen (secondary N) is 1. The molecule has 1 saturated heterocycles. The van der Waals surface area contributed by atoms with Crippen LogP contribution in [0.15, 0.2) is 48.5 Å². The molecule has 4 nitrogen and oxygen atoms in total. The number of aryl methyl sites for hydroxylation is 2. The summed E-state index contributed by atoms with van der Waals surface area (Å²) in [5.74, 6) is 0.0243. The maximum atomic E-state index is 12.2. The van der Waals surface area contributed by atoms with E-state index < -0.39 is 0 Å². The quantitative estimate of drug-likeness (QED) is 0.887. The molecule has 4 rings (SSSR count). The predicted octanol–water partition coefficient (Wildman–Crippen LogP) is 3.03. The molecule has 1 aliphatic carbocycles. The van der Waals surface area contributed by atoms with Crippen LogP contribution in [-0.4, -0.2) is 55.0 Å². The van der Waals surface area contributed by atoms with Crippen molar-refractivity contribution in [1.82, 2.24) is 15.1 Å². The van der Waals surface area contributed by atoms with Gasteiger partial charge in [0, 0.05) is 50.9 Å². The molecule has 1 unspecified atom stereocenters. The van der Waals surface area contributed by atoms with Crippen molar-refractivity contribution in [2.24, 2.45) is 0 Å². The normalized spacial score (nSPS) is 20.4. The average Bonchev–Trinajstić information content (AvgIpc) is 3.13. The Morgan fingerprint density at radius 1 is 1.04 bits per heavy atom. The van der Waals surface area contributed by atoms with Crippen molar-refractivity contribution < 1.29 is 4.79 Å². The van der Waals surface area contributed by atoms with E-state index in [1.54, 1.807) is 0 Å². The van der Waals surface area contributed by atoms with Gasteiger partial charge in [-0.15, -0.1) is 0 Å². The van der Waals surface area contributed by atoms with Crippen molar-refractivity contribution in [3.05, 3.63) is 70.8 Å². The van der Waals surface area contributed by atoms with Gasteiger partial charge in [-0.3, -0.25) is 14.6 Å².